The third-order valence-corrected chi connectivity index (χ3v) is 4.86. The Morgan fingerprint density at radius 3 is 2.67 bits per heavy atom. The Hall–Kier alpha value is -3.55. The summed E-state index contributed by atoms with van der Waals surface area (Å²) in [5.74, 6) is 0.263. The van der Waals surface area contributed by atoms with E-state index in [1.807, 2.05) is 0 Å². The minimum atomic E-state index is -0.219. The molecule has 0 saturated heterocycles. The second kappa shape index (κ2) is 8.86. The number of hydrogen-bond acceptors (Lipinski definition) is 9. The van der Waals surface area contributed by atoms with Gasteiger partial charge < -0.3 is 10.6 Å². The summed E-state index contributed by atoms with van der Waals surface area (Å²) in [5, 5.41) is 12.3. The zero-order valence-corrected chi connectivity index (χ0v) is 17.9. The van der Waals surface area contributed by atoms with Crippen LogP contribution in [0.25, 0.3) is 11.6 Å². The largest absolute Gasteiger partial charge is 0.368 e. The van der Waals surface area contributed by atoms with Gasteiger partial charge in [-0.15, -0.1) is 11.3 Å². The molecule has 11 heteroatoms. The average Bonchev–Trinajstić information content (AvgIpc) is 3.13. The van der Waals surface area contributed by atoms with Crippen molar-refractivity contribution in [2.75, 3.05) is 29.6 Å². The smallest absolute Gasteiger partial charge is 0.230 e. The van der Waals surface area contributed by atoms with Crippen molar-refractivity contribution < 1.29 is 4.79 Å². The van der Waals surface area contributed by atoms with Gasteiger partial charge in [-0.2, -0.15) is 20.2 Å². The zero-order chi connectivity index (χ0) is 21.8. The molecule has 0 unspecified atom stereocenters. The fraction of sp³-hybridized carbons (Fsp3) is 0.158. The van der Waals surface area contributed by atoms with Gasteiger partial charge in [-0.05, 0) is 24.3 Å². The van der Waals surface area contributed by atoms with Crippen molar-refractivity contribution in [3.05, 3.63) is 46.2 Å². The van der Waals surface area contributed by atoms with Crippen molar-refractivity contribution in [1.82, 2.24) is 19.9 Å². The predicted molar refractivity (Wildman–Crippen MR) is 118 cm³/mol. The molecule has 152 valence electrons. The lowest BCUT2D eigenvalue weighted by Crippen LogP contribution is -2.22. The number of allylic oxidation sites excluding steroid dienone is 1. The number of nitrogens with two attached hydrogens (primary N) is 1. The number of nitrogen functional groups attached to an aromatic ring is 1. The molecule has 0 aliphatic heterocycles. The molecule has 1 aromatic carbocycles. The molecule has 0 spiro atoms. The maximum absolute atomic E-state index is 12.2. The third kappa shape index (κ3) is 4.71. The van der Waals surface area contributed by atoms with Crippen LogP contribution in [0.2, 0.25) is 5.02 Å². The zero-order valence-electron chi connectivity index (χ0n) is 16.4. The maximum Gasteiger partial charge on any atom is 0.230 e. The monoisotopic (exact) mass is 440 g/mol. The highest BCUT2D eigenvalue weighted by molar-refractivity contribution is 7.14. The van der Waals surface area contributed by atoms with Crippen LogP contribution in [0, 0.1) is 11.3 Å². The number of nitriles is 1. The van der Waals surface area contributed by atoms with Crippen molar-refractivity contribution >= 4 is 63.2 Å². The van der Waals surface area contributed by atoms with Crippen LogP contribution in [0.4, 0.5) is 22.7 Å². The number of carbonyl (C=O) groups excluding carboxylic acids is 1. The Labute approximate surface area is 182 Å². The molecule has 2 heterocycles. The summed E-state index contributed by atoms with van der Waals surface area (Å²) in [6.07, 6.45) is 1.53. The molecule has 3 rings (SSSR count). The van der Waals surface area contributed by atoms with E-state index in [2.05, 4.69) is 26.0 Å². The third-order valence-electron chi connectivity index (χ3n) is 3.78. The molecule has 9 nitrogen and oxygen atoms in total. The predicted octanol–water partition coefficient (Wildman–Crippen LogP) is 3.38. The first-order valence-electron chi connectivity index (χ1n) is 8.61. The van der Waals surface area contributed by atoms with Crippen LogP contribution in [0.15, 0.2) is 29.6 Å². The molecule has 3 aromatic rings. The van der Waals surface area contributed by atoms with E-state index in [1.165, 1.54) is 29.2 Å². The molecule has 2 N–H and O–H groups in total. The second-order valence-corrected chi connectivity index (χ2v) is 7.54. The van der Waals surface area contributed by atoms with Gasteiger partial charge in [0.2, 0.25) is 17.8 Å². The SMILES string of the molecule is CC(=O)N(c1cccc(Cl)c1)c1nc(/C=C(\C#N)c2nc(N)nc(N(C)C)n2)cs1. The standard InChI is InChI=1S/C19H17ClN8OS/c1-11(29)28(15-6-4-5-13(20)8-15)19-23-14(10-30-19)7-12(9-21)16-24-17(22)26-18(25-16)27(2)3/h4-8,10H,1-3H3,(H2,22,24,25,26)/b12-7+. The van der Waals surface area contributed by atoms with Crippen molar-refractivity contribution in [3.8, 4) is 6.07 Å². The highest BCUT2D eigenvalue weighted by Crippen LogP contribution is 2.31. The highest BCUT2D eigenvalue weighted by Gasteiger charge is 2.18. The van der Waals surface area contributed by atoms with Gasteiger partial charge in [0.1, 0.15) is 6.07 Å². The molecular formula is C19H17ClN8OS. The van der Waals surface area contributed by atoms with Gasteiger partial charge in [-0.1, -0.05) is 17.7 Å². The van der Waals surface area contributed by atoms with E-state index >= 15 is 0 Å². The van der Waals surface area contributed by atoms with Crippen molar-refractivity contribution in [3.63, 3.8) is 0 Å². The summed E-state index contributed by atoms with van der Waals surface area (Å²) in [6.45, 7) is 1.44. The van der Waals surface area contributed by atoms with Crippen LogP contribution in [0.3, 0.4) is 0 Å². The van der Waals surface area contributed by atoms with Gasteiger partial charge in [-0.3, -0.25) is 9.69 Å². The summed E-state index contributed by atoms with van der Waals surface area (Å²) >= 11 is 7.31. The van der Waals surface area contributed by atoms with Gasteiger partial charge in [0.25, 0.3) is 0 Å². The van der Waals surface area contributed by atoms with E-state index in [0.717, 1.165) is 0 Å². The van der Waals surface area contributed by atoms with E-state index in [-0.39, 0.29) is 23.3 Å². The number of aromatic nitrogens is 4. The summed E-state index contributed by atoms with van der Waals surface area (Å²) in [6, 6.07) is 8.98. The molecule has 0 aliphatic rings. The van der Waals surface area contributed by atoms with Crippen LogP contribution in [-0.2, 0) is 4.79 Å². The first-order chi connectivity index (χ1) is 14.3. The lowest BCUT2D eigenvalue weighted by Gasteiger charge is -2.18. The quantitative estimate of drug-likeness (QED) is 0.598. The molecule has 0 fully saturated rings. The van der Waals surface area contributed by atoms with Crippen molar-refractivity contribution in [1.29, 1.82) is 5.26 Å². The summed E-state index contributed by atoms with van der Waals surface area (Å²) in [4.78, 5) is 32.1. The molecule has 1 amide bonds. The first kappa shape index (κ1) is 21.2. The van der Waals surface area contributed by atoms with Gasteiger partial charge in [0.05, 0.1) is 17.0 Å². The van der Waals surface area contributed by atoms with Crippen LogP contribution in [-0.4, -0.2) is 39.9 Å². The summed E-state index contributed by atoms with van der Waals surface area (Å²) in [5.41, 5.74) is 6.99. The number of hydrogen-bond donors (Lipinski definition) is 1. The summed E-state index contributed by atoms with van der Waals surface area (Å²) < 4.78 is 0. The molecule has 2 aromatic heterocycles. The summed E-state index contributed by atoms with van der Waals surface area (Å²) in [7, 11) is 3.51. The van der Waals surface area contributed by atoms with Gasteiger partial charge in [0.15, 0.2) is 11.0 Å². The normalized spacial score (nSPS) is 11.1. The average molecular weight is 441 g/mol. The Morgan fingerprint density at radius 2 is 2.03 bits per heavy atom. The van der Waals surface area contributed by atoms with E-state index < -0.39 is 0 Å². The number of rotatable bonds is 5. The molecule has 0 radical (unpaired) electrons. The fourth-order valence-corrected chi connectivity index (χ4v) is 3.51. The lowest BCUT2D eigenvalue weighted by molar-refractivity contribution is -0.115. The molecule has 0 bridgehead atoms. The molecule has 0 atom stereocenters. The van der Waals surface area contributed by atoms with E-state index in [0.29, 0.717) is 27.5 Å². The minimum absolute atomic E-state index is 0.00697. The lowest BCUT2D eigenvalue weighted by atomic mass is 10.2. The maximum atomic E-state index is 12.2. The van der Waals surface area contributed by atoms with E-state index in [1.54, 1.807) is 48.6 Å². The number of anilines is 4. The van der Waals surface area contributed by atoms with Crippen LogP contribution in [0.1, 0.15) is 18.4 Å². The molecule has 0 saturated carbocycles. The molecule has 0 aliphatic carbocycles. The first-order valence-corrected chi connectivity index (χ1v) is 9.87. The topological polar surface area (TPSA) is 125 Å². The van der Waals surface area contributed by atoms with Gasteiger partial charge in [0, 0.05) is 31.4 Å². The van der Waals surface area contributed by atoms with E-state index in [4.69, 9.17) is 17.3 Å². The molecular weight excluding hydrogens is 424 g/mol. The van der Waals surface area contributed by atoms with Crippen LogP contribution < -0.4 is 15.5 Å². The fourth-order valence-electron chi connectivity index (χ4n) is 2.48. The number of carbonyl (C=O) groups is 1. The van der Waals surface area contributed by atoms with Crippen LogP contribution >= 0.6 is 22.9 Å². The Balaban J connectivity index is 1.99. The number of nitrogens with zero attached hydrogens (tertiary/aromatic N) is 7. The van der Waals surface area contributed by atoms with Crippen LogP contribution in [0.5, 0.6) is 0 Å². The number of thiazole rings is 1. The Kier molecular flexibility index (Phi) is 6.25. The number of halogens is 1. The Morgan fingerprint density at radius 1 is 1.27 bits per heavy atom. The number of amides is 1. The van der Waals surface area contributed by atoms with Gasteiger partial charge >= 0.3 is 0 Å². The minimum Gasteiger partial charge on any atom is -0.368 e. The highest BCUT2D eigenvalue weighted by atomic mass is 35.5. The van der Waals surface area contributed by atoms with E-state index in [9.17, 15) is 10.1 Å². The van der Waals surface area contributed by atoms with Crippen molar-refractivity contribution in [2.24, 2.45) is 0 Å². The molecule has 30 heavy (non-hydrogen) atoms. The van der Waals surface area contributed by atoms with Gasteiger partial charge in [-0.25, -0.2) is 4.98 Å². The number of benzene rings is 1. The van der Waals surface area contributed by atoms with Crippen molar-refractivity contribution in [2.45, 2.75) is 6.92 Å². The second-order valence-electron chi connectivity index (χ2n) is 6.27. The Bertz CT molecular complexity index is 1170.